The highest BCUT2D eigenvalue weighted by molar-refractivity contribution is 9.10. The molecule has 7 heteroatoms. The summed E-state index contributed by atoms with van der Waals surface area (Å²) in [5, 5.41) is 14.1. The van der Waals surface area contributed by atoms with Crippen LogP contribution >= 0.6 is 15.9 Å². The van der Waals surface area contributed by atoms with Crippen molar-refractivity contribution in [1.82, 2.24) is 5.32 Å². The molecule has 0 aliphatic rings. The molecule has 0 fully saturated rings. The summed E-state index contributed by atoms with van der Waals surface area (Å²) in [7, 11) is 0. The van der Waals surface area contributed by atoms with E-state index in [0.29, 0.717) is 23.3 Å². The maximum atomic E-state index is 11.6. The van der Waals surface area contributed by atoms with Crippen molar-refractivity contribution in [2.24, 2.45) is 0 Å². The van der Waals surface area contributed by atoms with E-state index in [2.05, 4.69) is 26.6 Å². The van der Waals surface area contributed by atoms with Gasteiger partial charge in [-0.3, -0.25) is 0 Å². The van der Waals surface area contributed by atoms with Crippen LogP contribution in [0.1, 0.15) is 24.2 Å². The topological polar surface area (TPSA) is 87.7 Å². The van der Waals surface area contributed by atoms with E-state index in [-0.39, 0.29) is 11.7 Å². The molecule has 1 aromatic carbocycles. The summed E-state index contributed by atoms with van der Waals surface area (Å²) in [4.78, 5) is 22.5. The van der Waals surface area contributed by atoms with Crippen molar-refractivity contribution in [3.8, 4) is 0 Å². The largest absolute Gasteiger partial charge is 0.478 e. The van der Waals surface area contributed by atoms with Crippen molar-refractivity contribution < 1.29 is 19.4 Å². The van der Waals surface area contributed by atoms with Gasteiger partial charge in [0.2, 0.25) is 0 Å². The van der Waals surface area contributed by atoms with Crippen molar-refractivity contribution in [2.45, 2.75) is 20.0 Å². The molecule has 0 atom stereocenters. The Morgan fingerprint density at radius 2 is 2.10 bits per heavy atom. The highest BCUT2D eigenvalue weighted by Gasteiger charge is 2.09. The number of urea groups is 1. The van der Waals surface area contributed by atoms with Crippen LogP contribution in [-0.4, -0.2) is 36.4 Å². The van der Waals surface area contributed by atoms with E-state index in [1.54, 1.807) is 6.07 Å². The van der Waals surface area contributed by atoms with Crippen LogP contribution in [0.2, 0.25) is 0 Å². The summed E-state index contributed by atoms with van der Waals surface area (Å²) >= 11 is 3.25. The van der Waals surface area contributed by atoms with Crippen LogP contribution in [0.3, 0.4) is 0 Å². The molecule has 0 saturated heterocycles. The summed E-state index contributed by atoms with van der Waals surface area (Å²) in [5.41, 5.74) is 0.499. The first-order valence-corrected chi connectivity index (χ1v) is 6.88. The van der Waals surface area contributed by atoms with Gasteiger partial charge in [0, 0.05) is 11.0 Å². The number of carboxylic acid groups (broad SMARTS) is 1. The molecule has 3 N–H and O–H groups in total. The molecule has 0 aliphatic carbocycles. The third kappa shape index (κ3) is 5.58. The Hall–Kier alpha value is -1.60. The number of rotatable bonds is 6. The SMILES string of the molecule is CC(C)OCCNC(=O)Nc1cc(C(=O)O)ccc1Br. The standard InChI is InChI=1S/C13H17BrN2O4/c1-8(2)20-6-5-15-13(19)16-11-7-9(12(17)18)3-4-10(11)14/h3-4,7-8H,5-6H2,1-2H3,(H,17,18)(H2,15,16,19). The summed E-state index contributed by atoms with van der Waals surface area (Å²) in [6.45, 7) is 4.62. The van der Waals surface area contributed by atoms with Gasteiger partial charge in [-0.05, 0) is 48.0 Å². The first-order valence-electron chi connectivity index (χ1n) is 6.09. The second-order valence-electron chi connectivity index (χ2n) is 4.30. The first kappa shape index (κ1) is 16.5. The van der Waals surface area contributed by atoms with E-state index in [1.807, 2.05) is 13.8 Å². The highest BCUT2D eigenvalue weighted by atomic mass is 79.9. The van der Waals surface area contributed by atoms with Crippen LogP contribution in [0.4, 0.5) is 10.5 Å². The Bertz CT molecular complexity index is 491. The van der Waals surface area contributed by atoms with Crippen LogP contribution in [0, 0.1) is 0 Å². The monoisotopic (exact) mass is 344 g/mol. The summed E-state index contributed by atoms with van der Waals surface area (Å²) in [6, 6.07) is 3.99. The lowest BCUT2D eigenvalue weighted by molar-refractivity contribution is 0.0696. The maximum Gasteiger partial charge on any atom is 0.335 e. The van der Waals surface area contributed by atoms with Crippen LogP contribution < -0.4 is 10.6 Å². The Kier molecular flexibility index (Phi) is 6.47. The normalized spacial score (nSPS) is 10.4. The molecule has 0 bridgehead atoms. The summed E-state index contributed by atoms with van der Waals surface area (Å²) in [6.07, 6.45) is 0.112. The van der Waals surface area contributed by atoms with Crippen LogP contribution in [0.5, 0.6) is 0 Å². The lowest BCUT2D eigenvalue weighted by Gasteiger charge is -2.11. The second kappa shape index (κ2) is 7.86. The zero-order valence-electron chi connectivity index (χ0n) is 11.3. The minimum Gasteiger partial charge on any atom is -0.478 e. The predicted molar refractivity (Wildman–Crippen MR) is 79.2 cm³/mol. The Morgan fingerprint density at radius 3 is 2.70 bits per heavy atom. The Balaban J connectivity index is 2.53. The highest BCUT2D eigenvalue weighted by Crippen LogP contribution is 2.23. The van der Waals surface area contributed by atoms with Gasteiger partial charge in [0.1, 0.15) is 0 Å². The molecule has 0 spiro atoms. The minimum atomic E-state index is -1.05. The van der Waals surface area contributed by atoms with Crippen LogP contribution in [-0.2, 0) is 4.74 Å². The fraction of sp³-hybridized carbons (Fsp3) is 0.385. The van der Waals surface area contributed by atoms with Gasteiger partial charge in [0.15, 0.2) is 0 Å². The van der Waals surface area contributed by atoms with Crippen molar-refractivity contribution in [3.05, 3.63) is 28.2 Å². The third-order valence-electron chi connectivity index (χ3n) is 2.30. The number of benzene rings is 1. The van der Waals surface area contributed by atoms with Gasteiger partial charge in [-0.15, -0.1) is 0 Å². The van der Waals surface area contributed by atoms with E-state index in [4.69, 9.17) is 9.84 Å². The number of nitrogens with one attached hydrogen (secondary N) is 2. The lowest BCUT2D eigenvalue weighted by Crippen LogP contribution is -2.32. The van der Waals surface area contributed by atoms with Gasteiger partial charge in [-0.25, -0.2) is 9.59 Å². The second-order valence-corrected chi connectivity index (χ2v) is 5.15. The molecular weight excluding hydrogens is 328 g/mol. The number of aromatic carboxylic acids is 1. The zero-order valence-corrected chi connectivity index (χ0v) is 12.9. The Labute approximate surface area is 125 Å². The van der Waals surface area contributed by atoms with E-state index < -0.39 is 12.0 Å². The predicted octanol–water partition coefficient (Wildman–Crippen LogP) is 2.69. The molecule has 2 amide bonds. The molecule has 0 aromatic heterocycles. The number of halogens is 1. The first-order chi connectivity index (χ1) is 9.40. The third-order valence-corrected chi connectivity index (χ3v) is 2.99. The van der Waals surface area contributed by atoms with Crippen LogP contribution in [0.25, 0.3) is 0 Å². The molecule has 6 nitrogen and oxygen atoms in total. The maximum absolute atomic E-state index is 11.6. The summed E-state index contributed by atoms with van der Waals surface area (Å²) < 4.78 is 5.89. The lowest BCUT2D eigenvalue weighted by atomic mass is 10.2. The van der Waals surface area contributed by atoms with Gasteiger partial charge in [0.25, 0.3) is 0 Å². The quantitative estimate of drug-likeness (QED) is 0.692. The Morgan fingerprint density at radius 1 is 1.40 bits per heavy atom. The zero-order chi connectivity index (χ0) is 15.1. The number of amides is 2. The number of hydrogen-bond donors (Lipinski definition) is 3. The number of carbonyl (C=O) groups excluding carboxylic acids is 1. The number of carbonyl (C=O) groups is 2. The molecule has 0 heterocycles. The van der Waals surface area contributed by atoms with Gasteiger partial charge in [-0.1, -0.05) is 0 Å². The van der Waals surface area contributed by atoms with Gasteiger partial charge < -0.3 is 20.5 Å². The fourth-order valence-electron chi connectivity index (χ4n) is 1.38. The molecule has 1 rings (SSSR count). The van der Waals surface area contributed by atoms with E-state index in [0.717, 1.165) is 0 Å². The smallest absolute Gasteiger partial charge is 0.335 e. The number of hydrogen-bond acceptors (Lipinski definition) is 3. The molecule has 110 valence electrons. The van der Waals surface area contributed by atoms with Crippen molar-refractivity contribution in [3.63, 3.8) is 0 Å². The van der Waals surface area contributed by atoms with E-state index in [9.17, 15) is 9.59 Å². The van der Waals surface area contributed by atoms with Gasteiger partial charge >= 0.3 is 12.0 Å². The number of anilines is 1. The fourth-order valence-corrected chi connectivity index (χ4v) is 1.73. The molecule has 0 saturated carbocycles. The molecule has 0 aliphatic heterocycles. The molecule has 1 aromatic rings. The van der Waals surface area contributed by atoms with E-state index >= 15 is 0 Å². The number of ether oxygens (including phenoxy) is 1. The van der Waals surface area contributed by atoms with Crippen LogP contribution in [0.15, 0.2) is 22.7 Å². The van der Waals surface area contributed by atoms with Gasteiger partial charge in [0.05, 0.1) is 24.0 Å². The van der Waals surface area contributed by atoms with Crippen molar-refractivity contribution in [1.29, 1.82) is 0 Å². The van der Waals surface area contributed by atoms with Crippen molar-refractivity contribution >= 4 is 33.6 Å². The average Bonchev–Trinajstić information content (AvgIpc) is 2.37. The molecular formula is C13H17BrN2O4. The van der Waals surface area contributed by atoms with Gasteiger partial charge in [-0.2, -0.15) is 0 Å². The molecule has 0 radical (unpaired) electrons. The number of carboxylic acids is 1. The molecule has 20 heavy (non-hydrogen) atoms. The van der Waals surface area contributed by atoms with E-state index in [1.165, 1.54) is 12.1 Å². The minimum absolute atomic E-state index is 0.103. The molecule has 0 unspecified atom stereocenters. The average molecular weight is 345 g/mol. The summed E-state index contributed by atoms with van der Waals surface area (Å²) in [5.74, 6) is -1.05. The van der Waals surface area contributed by atoms with Crippen molar-refractivity contribution in [2.75, 3.05) is 18.5 Å².